The summed E-state index contributed by atoms with van der Waals surface area (Å²) in [5.74, 6) is -0.825. The molecule has 0 aliphatic rings. The average Bonchev–Trinajstić information content (AvgIpc) is 2.24. The molecule has 0 aliphatic heterocycles. The molecule has 0 spiro atoms. The Morgan fingerprint density at radius 2 is 2.00 bits per heavy atom. The highest BCUT2D eigenvalue weighted by Gasteiger charge is 2.19. The van der Waals surface area contributed by atoms with Gasteiger partial charge in [-0.3, -0.25) is 15.1 Å². The van der Waals surface area contributed by atoms with Gasteiger partial charge in [-0.1, -0.05) is 12.7 Å². The van der Waals surface area contributed by atoms with E-state index in [0.717, 1.165) is 4.90 Å². The van der Waals surface area contributed by atoms with Gasteiger partial charge in [-0.05, 0) is 6.92 Å². The molecule has 0 atom stereocenters. The number of nitrogens with one attached hydrogen (secondary N) is 1. The predicted octanol–water partition coefficient (Wildman–Crippen LogP) is 0.532. The smallest absolute Gasteiger partial charge is 0.411 e. The third-order valence-corrected chi connectivity index (χ3v) is 1.58. The summed E-state index contributed by atoms with van der Waals surface area (Å²) in [6.07, 6.45) is 0.655. The molecule has 0 aromatic rings. The molecule has 0 saturated carbocycles. The van der Waals surface area contributed by atoms with Crippen molar-refractivity contribution >= 4 is 30.3 Å². The van der Waals surface area contributed by atoms with Crippen LogP contribution < -0.4 is 5.73 Å². The molecule has 104 valence electrons. The molecule has 18 heavy (non-hydrogen) atoms. The number of hydrogen-bond acceptors (Lipinski definition) is 5. The molecular weight excluding hydrogens is 262 g/mol. The molecule has 8 heteroatoms. The maximum absolute atomic E-state index is 11.5. The van der Waals surface area contributed by atoms with E-state index in [1.165, 1.54) is 6.08 Å². The molecule has 3 N–H and O–H groups in total. The standard InChI is InChI=1S/C10H17N3O4.ClH/c1-3-5-17-10(15)13(6-8(11)14)7-9(12)16-4-2;/h3,12H,1,4-7H2,2H3,(H2,11,14);1H. The second kappa shape index (κ2) is 10.4. The van der Waals surface area contributed by atoms with E-state index in [2.05, 4.69) is 6.58 Å². The first-order valence-electron chi connectivity index (χ1n) is 5.02. The van der Waals surface area contributed by atoms with Crippen molar-refractivity contribution in [1.82, 2.24) is 4.90 Å². The van der Waals surface area contributed by atoms with Crippen molar-refractivity contribution in [2.45, 2.75) is 6.92 Å². The number of nitrogens with two attached hydrogens (primary N) is 1. The minimum atomic E-state index is -0.742. The van der Waals surface area contributed by atoms with Crippen LogP contribution in [0.1, 0.15) is 6.92 Å². The molecule has 0 rings (SSSR count). The Morgan fingerprint density at radius 1 is 1.39 bits per heavy atom. The van der Waals surface area contributed by atoms with Gasteiger partial charge in [0, 0.05) is 0 Å². The molecule has 0 aliphatic carbocycles. The fraction of sp³-hybridized carbons (Fsp3) is 0.500. The summed E-state index contributed by atoms with van der Waals surface area (Å²) < 4.78 is 9.61. The van der Waals surface area contributed by atoms with E-state index in [-0.39, 0.29) is 38.0 Å². The van der Waals surface area contributed by atoms with Crippen LogP contribution in [0.25, 0.3) is 0 Å². The molecule has 0 aromatic carbocycles. The highest BCUT2D eigenvalue weighted by atomic mass is 35.5. The second-order valence-electron chi connectivity index (χ2n) is 3.04. The quantitative estimate of drug-likeness (QED) is 0.403. The van der Waals surface area contributed by atoms with E-state index < -0.39 is 12.0 Å². The number of rotatable bonds is 7. The summed E-state index contributed by atoms with van der Waals surface area (Å²) >= 11 is 0. The van der Waals surface area contributed by atoms with Crippen molar-refractivity contribution in [3.63, 3.8) is 0 Å². The largest absolute Gasteiger partial charge is 0.480 e. The SMILES string of the molecule is C=CCOC(=O)N(CC(=N)OCC)CC(N)=O.Cl. The zero-order valence-electron chi connectivity index (χ0n) is 10.2. The van der Waals surface area contributed by atoms with Crippen molar-refractivity contribution in [1.29, 1.82) is 5.41 Å². The van der Waals surface area contributed by atoms with Gasteiger partial charge in [0.05, 0.1) is 6.61 Å². The van der Waals surface area contributed by atoms with E-state index in [1.807, 2.05) is 0 Å². The number of carbonyl (C=O) groups is 2. The van der Waals surface area contributed by atoms with Gasteiger partial charge in [-0.15, -0.1) is 12.4 Å². The fourth-order valence-corrected chi connectivity index (χ4v) is 0.988. The first kappa shape index (κ1) is 18.6. The summed E-state index contributed by atoms with van der Waals surface area (Å²) in [7, 11) is 0. The van der Waals surface area contributed by atoms with Crippen molar-refractivity contribution in [2.24, 2.45) is 5.73 Å². The Kier molecular flexibility index (Phi) is 10.7. The van der Waals surface area contributed by atoms with E-state index >= 15 is 0 Å². The summed E-state index contributed by atoms with van der Waals surface area (Å²) in [6.45, 7) is 4.95. The molecule has 0 bridgehead atoms. The number of primary amides is 1. The Balaban J connectivity index is 0. The van der Waals surface area contributed by atoms with Crippen LogP contribution in [0.15, 0.2) is 12.7 Å². The van der Waals surface area contributed by atoms with Gasteiger partial charge in [0.1, 0.15) is 19.7 Å². The Labute approximate surface area is 112 Å². The number of halogens is 1. The molecule has 2 amide bonds. The monoisotopic (exact) mass is 279 g/mol. The molecule has 0 unspecified atom stereocenters. The van der Waals surface area contributed by atoms with Gasteiger partial charge in [0.15, 0.2) is 0 Å². The van der Waals surface area contributed by atoms with Gasteiger partial charge in [-0.25, -0.2) is 4.79 Å². The van der Waals surface area contributed by atoms with Gasteiger partial charge >= 0.3 is 6.09 Å². The Morgan fingerprint density at radius 3 is 2.44 bits per heavy atom. The van der Waals surface area contributed by atoms with Crippen molar-refractivity contribution in [3.05, 3.63) is 12.7 Å². The van der Waals surface area contributed by atoms with Gasteiger partial charge in [0.2, 0.25) is 11.8 Å². The van der Waals surface area contributed by atoms with E-state index in [4.69, 9.17) is 20.6 Å². The summed E-state index contributed by atoms with van der Waals surface area (Å²) in [5.41, 5.74) is 4.99. The van der Waals surface area contributed by atoms with Crippen LogP contribution in [-0.2, 0) is 14.3 Å². The number of hydrogen-bond donors (Lipinski definition) is 2. The molecule has 0 fully saturated rings. The number of carbonyl (C=O) groups excluding carboxylic acids is 2. The highest BCUT2D eigenvalue weighted by molar-refractivity contribution is 5.85. The van der Waals surface area contributed by atoms with Gasteiger partial charge in [0.25, 0.3) is 0 Å². The second-order valence-corrected chi connectivity index (χ2v) is 3.04. The van der Waals surface area contributed by atoms with Crippen LogP contribution in [0.2, 0.25) is 0 Å². The van der Waals surface area contributed by atoms with Crippen molar-refractivity contribution in [3.8, 4) is 0 Å². The van der Waals surface area contributed by atoms with Gasteiger partial charge in [-0.2, -0.15) is 0 Å². The maximum atomic E-state index is 11.5. The average molecular weight is 280 g/mol. The molecule has 0 aromatic heterocycles. The highest BCUT2D eigenvalue weighted by Crippen LogP contribution is 1.96. The topological polar surface area (TPSA) is 106 Å². The fourth-order valence-electron chi connectivity index (χ4n) is 0.988. The molecule has 0 heterocycles. The van der Waals surface area contributed by atoms with Crippen LogP contribution in [0, 0.1) is 5.41 Å². The van der Waals surface area contributed by atoms with Crippen molar-refractivity contribution < 1.29 is 19.1 Å². The first-order chi connectivity index (χ1) is 8.01. The zero-order chi connectivity index (χ0) is 13.3. The van der Waals surface area contributed by atoms with E-state index in [9.17, 15) is 9.59 Å². The Bertz CT molecular complexity index is 309. The van der Waals surface area contributed by atoms with Crippen LogP contribution >= 0.6 is 12.4 Å². The maximum Gasteiger partial charge on any atom is 0.411 e. The molecule has 7 nitrogen and oxygen atoms in total. The summed E-state index contributed by atoms with van der Waals surface area (Å²) in [6, 6.07) is 0. The van der Waals surface area contributed by atoms with Crippen molar-refractivity contribution in [2.75, 3.05) is 26.3 Å². The predicted molar refractivity (Wildman–Crippen MR) is 68.9 cm³/mol. The lowest BCUT2D eigenvalue weighted by molar-refractivity contribution is -0.118. The lowest BCUT2D eigenvalue weighted by Crippen LogP contribution is -2.42. The lowest BCUT2D eigenvalue weighted by Gasteiger charge is -2.20. The normalized spacial score (nSPS) is 8.72. The minimum absolute atomic E-state index is 0. The number of nitrogens with zero attached hydrogens (tertiary/aromatic N) is 1. The number of amides is 2. The third kappa shape index (κ3) is 8.40. The van der Waals surface area contributed by atoms with Crippen LogP contribution in [0.4, 0.5) is 4.79 Å². The van der Waals surface area contributed by atoms with Gasteiger partial charge < -0.3 is 15.2 Å². The minimum Gasteiger partial charge on any atom is -0.480 e. The third-order valence-electron chi connectivity index (χ3n) is 1.58. The lowest BCUT2D eigenvalue weighted by atomic mass is 10.4. The molecule has 0 saturated heterocycles. The van der Waals surface area contributed by atoms with Crippen LogP contribution in [-0.4, -0.2) is 49.1 Å². The van der Waals surface area contributed by atoms with E-state index in [0.29, 0.717) is 6.61 Å². The zero-order valence-corrected chi connectivity index (χ0v) is 11.0. The van der Waals surface area contributed by atoms with E-state index in [1.54, 1.807) is 6.92 Å². The molecular formula is C10H18ClN3O4. The summed E-state index contributed by atoms with van der Waals surface area (Å²) in [4.78, 5) is 23.2. The first-order valence-corrected chi connectivity index (χ1v) is 5.02. The van der Waals surface area contributed by atoms with Crippen LogP contribution in [0.3, 0.4) is 0 Å². The Hall–Kier alpha value is -1.76. The summed E-state index contributed by atoms with van der Waals surface area (Å²) in [5, 5.41) is 7.39. The molecule has 0 radical (unpaired) electrons. The number of ether oxygens (including phenoxy) is 2. The van der Waals surface area contributed by atoms with Crippen LogP contribution in [0.5, 0.6) is 0 Å².